The lowest BCUT2D eigenvalue weighted by Crippen LogP contribution is -2.41. The highest BCUT2D eigenvalue weighted by Crippen LogP contribution is 2.31. The first kappa shape index (κ1) is 19.1. The van der Waals surface area contributed by atoms with E-state index in [9.17, 15) is 9.59 Å². The zero-order valence-electron chi connectivity index (χ0n) is 16.0. The number of rotatable bonds is 4. The number of amides is 2. The largest absolute Gasteiger partial charge is 0.375 e. The Labute approximate surface area is 168 Å². The molecule has 9 heteroatoms. The highest BCUT2D eigenvalue weighted by atomic mass is 32.1. The minimum Gasteiger partial charge on any atom is -0.375 e. The standard InChI is InChI=1S/C19H25N5O3S/c1-27-13-17(25)23-8-3-2-5-14(23)18-21-20-16-7-9-22(10-11-24(16)18)19(26)15-6-4-12-28-15/h4,6,12,14H,2-3,5,7-11,13H2,1H3. The number of aromatic nitrogens is 3. The van der Waals surface area contributed by atoms with Crippen molar-refractivity contribution in [2.45, 2.75) is 38.3 Å². The lowest BCUT2D eigenvalue weighted by Gasteiger charge is -2.35. The first-order chi connectivity index (χ1) is 13.7. The molecular formula is C19H25N5O3S. The first-order valence-electron chi connectivity index (χ1n) is 9.72. The van der Waals surface area contributed by atoms with Gasteiger partial charge in [0.25, 0.3) is 5.91 Å². The van der Waals surface area contributed by atoms with Crippen LogP contribution in [0, 0.1) is 0 Å². The summed E-state index contributed by atoms with van der Waals surface area (Å²) in [6.07, 6.45) is 3.61. The maximum absolute atomic E-state index is 12.7. The molecule has 0 radical (unpaired) electrons. The molecule has 2 aromatic rings. The Morgan fingerprint density at radius 1 is 1.21 bits per heavy atom. The van der Waals surface area contributed by atoms with Crippen molar-refractivity contribution in [1.82, 2.24) is 24.6 Å². The number of likely N-dealkylation sites (tertiary alicyclic amines) is 1. The van der Waals surface area contributed by atoms with Gasteiger partial charge in [-0.3, -0.25) is 9.59 Å². The van der Waals surface area contributed by atoms with E-state index < -0.39 is 0 Å². The third kappa shape index (κ3) is 3.68. The number of methoxy groups -OCH3 is 1. The smallest absolute Gasteiger partial charge is 0.263 e. The number of hydrogen-bond donors (Lipinski definition) is 0. The Kier molecular flexibility index (Phi) is 5.72. The van der Waals surface area contributed by atoms with Crippen molar-refractivity contribution in [3.05, 3.63) is 34.0 Å². The van der Waals surface area contributed by atoms with Gasteiger partial charge in [0, 0.05) is 39.7 Å². The number of fused-ring (bicyclic) bond motifs is 1. The van der Waals surface area contributed by atoms with E-state index in [0.29, 0.717) is 26.1 Å². The molecule has 2 aliphatic rings. The molecule has 2 aromatic heterocycles. The summed E-state index contributed by atoms with van der Waals surface area (Å²) >= 11 is 1.47. The van der Waals surface area contributed by atoms with Crippen LogP contribution in [0.1, 0.15) is 46.6 Å². The van der Waals surface area contributed by atoms with E-state index >= 15 is 0 Å². The van der Waals surface area contributed by atoms with Gasteiger partial charge in [-0.15, -0.1) is 21.5 Å². The topological polar surface area (TPSA) is 80.6 Å². The van der Waals surface area contributed by atoms with E-state index in [1.165, 1.54) is 11.3 Å². The molecule has 2 amide bonds. The summed E-state index contributed by atoms with van der Waals surface area (Å²) in [6, 6.07) is 3.69. The van der Waals surface area contributed by atoms with E-state index in [1.807, 2.05) is 27.3 Å². The van der Waals surface area contributed by atoms with Crippen LogP contribution in [0.25, 0.3) is 0 Å². The van der Waals surface area contributed by atoms with Crippen molar-refractivity contribution in [3.8, 4) is 0 Å². The lowest BCUT2D eigenvalue weighted by atomic mass is 10.0. The number of nitrogens with zero attached hydrogens (tertiary/aromatic N) is 5. The highest BCUT2D eigenvalue weighted by molar-refractivity contribution is 7.12. The van der Waals surface area contributed by atoms with Crippen molar-refractivity contribution in [2.75, 3.05) is 33.4 Å². The fraction of sp³-hybridized carbons (Fsp3) is 0.579. The predicted molar refractivity (Wildman–Crippen MR) is 104 cm³/mol. The molecule has 1 atom stereocenters. The molecule has 150 valence electrons. The molecule has 0 aliphatic carbocycles. The fourth-order valence-corrected chi connectivity index (χ4v) is 4.75. The summed E-state index contributed by atoms with van der Waals surface area (Å²) in [5, 5.41) is 10.8. The van der Waals surface area contributed by atoms with Crippen LogP contribution >= 0.6 is 11.3 Å². The molecule has 0 spiro atoms. The third-order valence-corrected chi connectivity index (χ3v) is 6.32. The van der Waals surface area contributed by atoms with Gasteiger partial charge >= 0.3 is 0 Å². The molecule has 4 rings (SSSR count). The number of carbonyl (C=O) groups is 2. The Hall–Kier alpha value is -2.26. The van der Waals surface area contributed by atoms with Gasteiger partial charge in [-0.1, -0.05) is 6.07 Å². The van der Waals surface area contributed by atoms with Gasteiger partial charge < -0.3 is 19.1 Å². The second-order valence-corrected chi connectivity index (χ2v) is 8.12. The van der Waals surface area contributed by atoms with Gasteiger partial charge in [-0.25, -0.2) is 0 Å². The molecule has 8 nitrogen and oxygen atoms in total. The van der Waals surface area contributed by atoms with Crippen molar-refractivity contribution in [2.24, 2.45) is 0 Å². The van der Waals surface area contributed by atoms with E-state index in [4.69, 9.17) is 4.74 Å². The van der Waals surface area contributed by atoms with E-state index in [1.54, 1.807) is 7.11 Å². The second kappa shape index (κ2) is 8.40. The summed E-state index contributed by atoms with van der Waals surface area (Å²) in [4.78, 5) is 29.7. The lowest BCUT2D eigenvalue weighted by molar-refractivity contribution is -0.139. The summed E-state index contributed by atoms with van der Waals surface area (Å²) in [6.45, 7) is 2.70. The van der Waals surface area contributed by atoms with Gasteiger partial charge in [0.2, 0.25) is 5.91 Å². The van der Waals surface area contributed by atoms with Crippen LogP contribution in [0.3, 0.4) is 0 Å². The maximum Gasteiger partial charge on any atom is 0.263 e. The number of carbonyl (C=O) groups excluding carboxylic acids is 2. The molecular weight excluding hydrogens is 378 g/mol. The molecule has 2 aliphatic heterocycles. The SMILES string of the molecule is COCC(=O)N1CCCCC1c1nnc2n1CCN(C(=O)c1cccs1)CC2. The van der Waals surface area contributed by atoms with Crippen LogP contribution in [0.5, 0.6) is 0 Å². The van der Waals surface area contributed by atoms with Crippen LogP contribution in [0.15, 0.2) is 17.5 Å². The Bertz CT molecular complexity index is 835. The number of piperidine rings is 1. The average Bonchev–Trinajstić information content (AvgIpc) is 3.34. The van der Waals surface area contributed by atoms with Gasteiger partial charge in [-0.05, 0) is 30.7 Å². The van der Waals surface area contributed by atoms with E-state index in [-0.39, 0.29) is 24.5 Å². The molecule has 0 N–H and O–H groups in total. The molecule has 4 heterocycles. The van der Waals surface area contributed by atoms with Crippen LogP contribution in [0.2, 0.25) is 0 Å². The van der Waals surface area contributed by atoms with Crippen molar-refractivity contribution in [1.29, 1.82) is 0 Å². The second-order valence-electron chi connectivity index (χ2n) is 7.18. The average molecular weight is 404 g/mol. The van der Waals surface area contributed by atoms with Crippen molar-refractivity contribution < 1.29 is 14.3 Å². The molecule has 0 saturated carbocycles. The highest BCUT2D eigenvalue weighted by Gasteiger charge is 2.33. The van der Waals surface area contributed by atoms with Crippen molar-refractivity contribution in [3.63, 3.8) is 0 Å². The normalized spacial score (nSPS) is 20.0. The van der Waals surface area contributed by atoms with Gasteiger partial charge in [-0.2, -0.15) is 0 Å². The third-order valence-electron chi connectivity index (χ3n) is 5.46. The Morgan fingerprint density at radius 3 is 2.89 bits per heavy atom. The van der Waals surface area contributed by atoms with Crippen LogP contribution < -0.4 is 0 Å². The zero-order valence-corrected chi connectivity index (χ0v) is 16.9. The number of thiophene rings is 1. The monoisotopic (exact) mass is 403 g/mol. The summed E-state index contributed by atoms with van der Waals surface area (Å²) in [7, 11) is 1.54. The number of hydrogen-bond acceptors (Lipinski definition) is 6. The molecule has 1 saturated heterocycles. The number of ether oxygens (including phenoxy) is 1. The molecule has 1 unspecified atom stereocenters. The molecule has 0 aromatic carbocycles. The van der Waals surface area contributed by atoms with E-state index in [2.05, 4.69) is 14.8 Å². The van der Waals surface area contributed by atoms with Gasteiger partial charge in [0.05, 0.1) is 10.9 Å². The Balaban J connectivity index is 1.53. The van der Waals surface area contributed by atoms with Gasteiger partial charge in [0.15, 0.2) is 5.82 Å². The minimum atomic E-state index is -0.0720. The van der Waals surface area contributed by atoms with Crippen molar-refractivity contribution >= 4 is 23.2 Å². The zero-order chi connectivity index (χ0) is 19.5. The van der Waals surface area contributed by atoms with Gasteiger partial charge in [0.1, 0.15) is 12.4 Å². The Morgan fingerprint density at radius 2 is 2.11 bits per heavy atom. The minimum absolute atomic E-state index is 0.00679. The molecule has 28 heavy (non-hydrogen) atoms. The predicted octanol–water partition coefficient (Wildman–Crippen LogP) is 1.74. The van der Waals surface area contributed by atoms with Crippen LogP contribution in [-0.2, 0) is 22.5 Å². The fourth-order valence-electron chi connectivity index (χ4n) is 4.06. The van der Waals surface area contributed by atoms with Crippen LogP contribution in [0.4, 0.5) is 0 Å². The van der Waals surface area contributed by atoms with Crippen LogP contribution in [-0.4, -0.2) is 69.7 Å². The summed E-state index contributed by atoms with van der Waals surface area (Å²) < 4.78 is 7.17. The van der Waals surface area contributed by atoms with E-state index in [0.717, 1.165) is 42.3 Å². The first-order valence-corrected chi connectivity index (χ1v) is 10.6. The summed E-state index contributed by atoms with van der Waals surface area (Å²) in [5.41, 5.74) is 0. The molecule has 1 fully saturated rings. The maximum atomic E-state index is 12.7. The quantitative estimate of drug-likeness (QED) is 0.777. The summed E-state index contributed by atoms with van der Waals surface area (Å²) in [5.74, 6) is 1.79. The molecule has 0 bridgehead atoms.